The molecular formula is C18H19FN2O4. The Morgan fingerprint density at radius 1 is 1.12 bits per heavy atom. The highest BCUT2D eigenvalue weighted by atomic mass is 19.1. The molecule has 0 aliphatic heterocycles. The molecule has 2 amide bonds. The standard InChI is InChI=1S/C18H19FN2O4/c1-12(25-16-8-6-15(19)7-9-16)17(22)20-21-18(23)14-5-3-4-13(10-14)11-24-2/h3-10,12H,11H2,1-2H3,(H,20,22)(H,21,23)/t12-/m0/s1. The Morgan fingerprint density at radius 2 is 1.84 bits per heavy atom. The molecular weight excluding hydrogens is 327 g/mol. The van der Waals surface area contributed by atoms with Crippen LogP contribution in [0.5, 0.6) is 5.75 Å². The van der Waals surface area contributed by atoms with E-state index in [1.165, 1.54) is 31.2 Å². The maximum atomic E-state index is 12.8. The van der Waals surface area contributed by atoms with E-state index in [9.17, 15) is 14.0 Å². The zero-order chi connectivity index (χ0) is 18.2. The smallest absolute Gasteiger partial charge is 0.279 e. The Labute approximate surface area is 144 Å². The third-order valence-corrected chi connectivity index (χ3v) is 3.30. The lowest BCUT2D eigenvalue weighted by atomic mass is 10.1. The van der Waals surface area contributed by atoms with Crippen LogP contribution in [-0.2, 0) is 16.1 Å². The van der Waals surface area contributed by atoms with Gasteiger partial charge >= 0.3 is 0 Å². The van der Waals surface area contributed by atoms with Crippen molar-refractivity contribution in [1.82, 2.24) is 10.9 Å². The number of nitrogens with one attached hydrogen (secondary N) is 2. The van der Waals surface area contributed by atoms with Gasteiger partial charge in [0.15, 0.2) is 6.10 Å². The van der Waals surface area contributed by atoms with Crippen LogP contribution in [0.25, 0.3) is 0 Å². The topological polar surface area (TPSA) is 76.7 Å². The summed E-state index contributed by atoms with van der Waals surface area (Å²) in [5.41, 5.74) is 5.85. The van der Waals surface area contributed by atoms with Gasteiger partial charge in [0.2, 0.25) is 0 Å². The second kappa shape index (κ2) is 8.79. The van der Waals surface area contributed by atoms with Crippen LogP contribution in [0.4, 0.5) is 4.39 Å². The Bertz CT molecular complexity index is 734. The molecule has 0 aromatic heterocycles. The first-order valence-corrected chi connectivity index (χ1v) is 7.60. The molecule has 6 nitrogen and oxygen atoms in total. The summed E-state index contributed by atoms with van der Waals surface area (Å²) in [4.78, 5) is 24.0. The van der Waals surface area contributed by atoms with Gasteiger partial charge in [0, 0.05) is 12.7 Å². The fraction of sp³-hybridized carbons (Fsp3) is 0.222. The van der Waals surface area contributed by atoms with Gasteiger partial charge in [0.25, 0.3) is 11.8 Å². The molecule has 1 atom stereocenters. The Hall–Kier alpha value is -2.93. The number of rotatable bonds is 6. The highest BCUT2D eigenvalue weighted by molar-refractivity contribution is 5.95. The number of hydrogen-bond donors (Lipinski definition) is 2. The number of amides is 2. The average molecular weight is 346 g/mol. The maximum Gasteiger partial charge on any atom is 0.279 e. The van der Waals surface area contributed by atoms with Crippen molar-refractivity contribution in [2.75, 3.05) is 7.11 Å². The number of carbonyl (C=O) groups is 2. The van der Waals surface area contributed by atoms with Crippen LogP contribution < -0.4 is 15.6 Å². The second-order valence-corrected chi connectivity index (χ2v) is 5.29. The van der Waals surface area contributed by atoms with Crippen molar-refractivity contribution in [2.45, 2.75) is 19.6 Å². The average Bonchev–Trinajstić information content (AvgIpc) is 2.61. The quantitative estimate of drug-likeness (QED) is 0.786. The van der Waals surface area contributed by atoms with Crippen LogP contribution >= 0.6 is 0 Å². The van der Waals surface area contributed by atoms with E-state index in [-0.39, 0.29) is 0 Å². The number of halogens is 1. The van der Waals surface area contributed by atoms with Crippen molar-refractivity contribution in [3.05, 3.63) is 65.5 Å². The molecule has 0 saturated heterocycles. The first-order valence-electron chi connectivity index (χ1n) is 7.60. The van der Waals surface area contributed by atoms with Crippen LogP contribution in [0.2, 0.25) is 0 Å². The van der Waals surface area contributed by atoms with Crippen LogP contribution in [0.3, 0.4) is 0 Å². The third-order valence-electron chi connectivity index (χ3n) is 3.30. The molecule has 2 aromatic carbocycles. The van der Waals surface area contributed by atoms with E-state index >= 15 is 0 Å². The Kier molecular flexibility index (Phi) is 6.47. The number of carbonyl (C=O) groups excluding carboxylic acids is 2. The summed E-state index contributed by atoms with van der Waals surface area (Å²) < 4.78 is 23.2. The first-order chi connectivity index (χ1) is 12.0. The molecule has 0 radical (unpaired) electrons. The molecule has 2 rings (SSSR count). The number of hydrazine groups is 1. The first kappa shape index (κ1) is 18.4. The fourth-order valence-corrected chi connectivity index (χ4v) is 2.03. The fourth-order valence-electron chi connectivity index (χ4n) is 2.03. The lowest BCUT2D eigenvalue weighted by Gasteiger charge is -2.15. The summed E-state index contributed by atoms with van der Waals surface area (Å²) >= 11 is 0. The minimum atomic E-state index is -0.870. The minimum absolute atomic E-state index is 0.350. The Morgan fingerprint density at radius 3 is 2.52 bits per heavy atom. The van der Waals surface area contributed by atoms with E-state index in [4.69, 9.17) is 9.47 Å². The zero-order valence-corrected chi connectivity index (χ0v) is 13.9. The van der Waals surface area contributed by atoms with Gasteiger partial charge in [-0.05, 0) is 48.9 Å². The van der Waals surface area contributed by atoms with Crippen molar-refractivity contribution in [1.29, 1.82) is 0 Å². The highest BCUT2D eigenvalue weighted by Gasteiger charge is 2.16. The van der Waals surface area contributed by atoms with Gasteiger partial charge in [-0.1, -0.05) is 12.1 Å². The van der Waals surface area contributed by atoms with Crippen LogP contribution in [0, 0.1) is 5.82 Å². The Balaban J connectivity index is 1.86. The van der Waals surface area contributed by atoms with E-state index in [2.05, 4.69) is 10.9 Å². The van der Waals surface area contributed by atoms with E-state index in [1.807, 2.05) is 6.07 Å². The lowest BCUT2D eigenvalue weighted by Crippen LogP contribution is -2.47. The van der Waals surface area contributed by atoms with Gasteiger partial charge in [0.1, 0.15) is 11.6 Å². The number of methoxy groups -OCH3 is 1. The van der Waals surface area contributed by atoms with E-state index < -0.39 is 23.7 Å². The van der Waals surface area contributed by atoms with Crippen LogP contribution in [-0.4, -0.2) is 25.0 Å². The van der Waals surface area contributed by atoms with Crippen molar-refractivity contribution in [2.24, 2.45) is 0 Å². The van der Waals surface area contributed by atoms with E-state index in [0.29, 0.717) is 17.9 Å². The molecule has 0 bridgehead atoms. The largest absolute Gasteiger partial charge is 0.481 e. The summed E-state index contributed by atoms with van der Waals surface area (Å²) in [7, 11) is 1.56. The molecule has 0 unspecified atom stereocenters. The summed E-state index contributed by atoms with van der Waals surface area (Å²) in [5.74, 6) is -1.04. The lowest BCUT2D eigenvalue weighted by molar-refractivity contribution is -0.128. The van der Waals surface area contributed by atoms with Gasteiger partial charge in [-0.25, -0.2) is 4.39 Å². The molecule has 25 heavy (non-hydrogen) atoms. The van der Waals surface area contributed by atoms with Gasteiger partial charge in [-0.2, -0.15) is 0 Å². The van der Waals surface area contributed by atoms with Crippen molar-refractivity contribution in [3.8, 4) is 5.75 Å². The minimum Gasteiger partial charge on any atom is -0.481 e. The van der Waals surface area contributed by atoms with E-state index in [1.54, 1.807) is 25.3 Å². The van der Waals surface area contributed by atoms with Crippen LogP contribution in [0.1, 0.15) is 22.8 Å². The normalized spacial score (nSPS) is 11.5. The van der Waals surface area contributed by atoms with Crippen LogP contribution in [0.15, 0.2) is 48.5 Å². The van der Waals surface area contributed by atoms with Crippen molar-refractivity contribution in [3.63, 3.8) is 0 Å². The number of hydrogen-bond acceptors (Lipinski definition) is 4. The van der Waals surface area contributed by atoms with Crippen molar-refractivity contribution < 1.29 is 23.5 Å². The predicted octanol–water partition coefficient (Wildman–Crippen LogP) is 2.20. The molecule has 0 spiro atoms. The monoisotopic (exact) mass is 346 g/mol. The number of ether oxygens (including phenoxy) is 2. The van der Waals surface area contributed by atoms with Gasteiger partial charge in [-0.15, -0.1) is 0 Å². The molecule has 132 valence electrons. The summed E-state index contributed by atoms with van der Waals surface area (Å²) in [6, 6.07) is 12.1. The van der Waals surface area contributed by atoms with Gasteiger partial charge in [0.05, 0.1) is 6.61 Å². The summed E-state index contributed by atoms with van der Waals surface area (Å²) in [5, 5.41) is 0. The molecule has 0 aliphatic rings. The molecule has 0 saturated carbocycles. The second-order valence-electron chi connectivity index (χ2n) is 5.29. The molecule has 0 heterocycles. The van der Waals surface area contributed by atoms with E-state index in [0.717, 1.165) is 5.56 Å². The SMILES string of the molecule is COCc1cccc(C(=O)NNC(=O)[C@H](C)Oc2ccc(F)cc2)c1. The number of benzene rings is 2. The molecule has 0 fully saturated rings. The molecule has 0 aliphatic carbocycles. The molecule has 2 aromatic rings. The summed E-state index contributed by atoms with van der Waals surface area (Å²) in [6.07, 6.45) is -0.870. The maximum absolute atomic E-state index is 12.8. The molecule has 2 N–H and O–H groups in total. The summed E-state index contributed by atoms with van der Waals surface area (Å²) in [6.45, 7) is 1.90. The third kappa shape index (κ3) is 5.58. The van der Waals surface area contributed by atoms with Gasteiger partial charge < -0.3 is 9.47 Å². The van der Waals surface area contributed by atoms with Crippen molar-refractivity contribution >= 4 is 11.8 Å². The molecule has 7 heteroatoms. The predicted molar refractivity (Wildman–Crippen MR) is 89.3 cm³/mol. The van der Waals surface area contributed by atoms with Gasteiger partial charge in [-0.3, -0.25) is 20.4 Å². The highest BCUT2D eigenvalue weighted by Crippen LogP contribution is 2.13. The zero-order valence-electron chi connectivity index (χ0n) is 13.9.